The SMILES string of the molecule is c1ccc(CNc2cc(NCc3ccccn3)ncn2)nc1. The van der Waals surface area contributed by atoms with Crippen molar-refractivity contribution in [2.75, 3.05) is 10.6 Å². The minimum Gasteiger partial charge on any atom is -0.364 e. The van der Waals surface area contributed by atoms with Gasteiger partial charge in [-0.3, -0.25) is 9.97 Å². The van der Waals surface area contributed by atoms with Crippen molar-refractivity contribution < 1.29 is 0 Å². The van der Waals surface area contributed by atoms with Crippen LogP contribution in [-0.2, 0) is 13.1 Å². The third-order valence-corrected chi connectivity index (χ3v) is 3.02. The zero-order valence-electron chi connectivity index (χ0n) is 12.0. The van der Waals surface area contributed by atoms with Gasteiger partial charge in [0.25, 0.3) is 0 Å². The summed E-state index contributed by atoms with van der Waals surface area (Å²) in [5.74, 6) is 1.51. The van der Waals surface area contributed by atoms with E-state index in [4.69, 9.17) is 0 Å². The van der Waals surface area contributed by atoms with Gasteiger partial charge in [0.2, 0.25) is 0 Å². The van der Waals surface area contributed by atoms with Crippen molar-refractivity contribution in [3.8, 4) is 0 Å². The number of nitrogens with one attached hydrogen (secondary N) is 2. The Balaban J connectivity index is 1.58. The summed E-state index contributed by atoms with van der Waals surface area (Å²) < 4.78 is 0. The Kier molecular flexibility index (Phi) is 4.51. The van der Waals surface area contributed by atoms with Crippen LogP contribution in [0.5, 0.6) is 0 Å². The van der Waals surface area contributed by atoms with Crippen LogP contribution in [0, 0.1) is 0 Å². The van der Waals surface area contributed by atoms with Crippen molar-refractivity contribution in [1.29, 1.82) is 0 Å². The van der Waals surface area contributed by atoms with Crippen LogP contribution in [0.2, 0.25) is 0 Å². The van der Waals surface area contributed by atoms with Crippen molar-refractivity contribution >= 4 is 11.6 Å². The number of nitrogens with zero attached hydrogens (tertiary/aromatic N) is 4. The highest BCUT2D eigenvalue weighted by Gasteiger charge is 2.00. The summed E-state index contributed by atoms with van der Waals surface area (Å²) in [5.41, 5.74) is 1.92. The molecule has 0 spiro atoms. The molecule has 0 radical (unpaired) electrons. The van der Waals surface area contributed by atoms with Crippen LogP contribution < -0.4 is 10.6 Å². The maximum atomic E-state index is 4.26. The largest absolute Gasteiger partial charge is 0.364 e. The molecule has 0 aliphatic heterocycles. The fourth-order valence-electron chi connectivity index (χ4n) is 1.92. The van der Waals surface area contributed by atoms with Gasteiger partial charge in [-0.15, -0.1) is 0 Å². The van der Waals surface area contributed by atoms with Gasteiger partial charge in [0.05, 0.1) is 24.5 Å². The van der Waals surface area contributed by atoms with E-state index >= 15 is 0 Å². The molecular weight excluding hydrogens is 276 g/mol. The van der Waals surface area contributed by atoms with E-state index in [1.54, 1.807) is 12.4 Å². The lowest BCUT2D eigenvalue weighted by Crippen LogP contribution is -2.06. The second-order valence-corrected chi connectivity index (χ2v) is 4.64. The maximum Gasteiger partial charge on any atom is 0.131 e. The highest BCUT2D eigenvalue weighted by atomic mass is 15.1. The normalized spacial score (nSPS) is 10.2. The molecule has 6 nitrogen and oxygen atoms in total. The Morgan fingerprint density at radius 3 is 1.68 bits per heavy atom. The topological polar surface area (TPSA) is 75.6 Å². The fourth-order valence-corrected chi connectivity index (χ4v) is 1.92. The molecule has 0 aliphatic carbocycles. The van der Waals surface area contributed by atoms with Gasteiger partial charge in [-0.25, -0.2) is 9.97 Å². The van der Waals surface area contributed by atoms with Crippen LogP contribution in [0.15, 0.2) is 61.2 Å². The second kappa shape index (κ2) is 7.12. The molecule has 0 bridgehead atoms. The lowest BCUT2D eigenvalue weighted by atomic mass is 10.3. The van der Waals surface area contributed by atoms with Crippen LogP contribution in [0.4, 0.5) is 11.6 Å². The molecule has 110 valence electrons. The third kappa shape index (κ3) is 3.99. The lowest BCUT2D eigenvalue weighted by molar-refractivity contribution is 1.00. The van der Waals surface area contributed by atoms with Crippen molar-refractivity contribution in [2.45, 2.75) is 13.1 Å². The summed E-state index contributed by atoms with van der Waals surface area (Å²) in [6.07, 6.45) is 5.08. The van der Waals surface area contributed by atoms with Gasteiger partial charge in [-0.2, -0.15) is 0 Å². The summed E-state index contributed by atoms with van der Waals surface area (Å²) in [7, 11) is 0. The van der Waals surface area contributed by atoms with E-state index in [1.165, 1.54) is 6.33 Å². The first-order valence-electron chi connectivity index (χ1n) is 7.00. The number of hydrogen-bond acceptors (Lipinski definition) is 6. The van der Waals surface area contributed by atoms with Gasteiger partial charge in [-0.1, -0.05) is 12.1 Å². The maximum absolute atomic E-state index is 4.26. The number of hydrogen-bond donors (Lipinski definition) is 2. The van der Waals surface area contributed by atoms with E-state index in [0.717, 1.165) is 23.0 Å². The van der Waals surface area contributed by atoms with Gasteiger partial charge < -0.3 is 10.6 Å². The molecule has 22 heavy (non-hydrogen) atoms. The van der Waals surface area contributed by atoms with Crippen molar-refractivity contribution in [3.05, 3.63) is 72.6 Å². The third-order valence-electron chi connectivity index (χ3n) is 3.02. The van der Waals surface area contributed by atoms with Crippen molar-refractivity contribution in [2.24, 2.45) is 0 Å². The second-order valence-electron chi connectivity index (χ2n) is 4.64. The molecule has 3 rings (SSSR count). The van der Waals surface area contributed by atoms with E-state index in [2.05, 4.69) is 30.6 Å². The van der Waals surface area contributed by atoms with Gasteiger partial charge in [0, 0.05) is 18.5 Å². The molecule has 6 heteroatoms. The van der Waals surface area contributed by atoms with E-state index in [0.29, 0.717) is 13.1 Å². The molecule has 0 atom stereocenters. The number of rotatable bonds is 6. The quantitative estimate of drug-likeness (QED) is 0.727. The minimum atomic E-state index is 0.623. The van der Waals surface area contributed by atoms with Crippen LogP contribution >= 0.6 is 0 Å². The molecule has 0 amide bonds. The highest BCUT2D eigenvalue weighted by molar-refractivity contribution is 5.46. The average Bonchev–Trinajstić information content (AvgIpc) is 2.60. The van der Waals surface area contributed by atoms with Gasteiger partial charge in [-0.05, 0) is 24.3 Å². The first-order chi connectivity index (χ1) is 10.9. The molecule has 0 aliphatic rings. The molecule has 3 heterocycles. The molecule has 0 unspecified atom stereocenters. The van der Waals surface area contributed by atoms with Crippen molar-refractivity contribution in [3.63, 3.8) is 0 Å². The Labute approximate surface area is 128 Å². The van der Waals surface area contributed by atoms with Gasteiger partial charge in [0.1, 0.15) is 18.0 Å². The molecule has 3 aromatic heterocycles. The van der Waals surface area contributed by atoms with E-state index in [9.17, 15) is 0 Å². The van der Waals surface area contributed by atoms with Gasteiger partial charge in [0.15, 0.2) is 0 Å². The number of anilines is 2. The monoisotopic (exact) mass is 292 g/mol. The smallest absolute Gasteiger partial charge is 0.131 e. The first kappa shape index (κ1) is 13.9. The van der Waals surface area contributed by atoms with E-state index in [-0.39, 0.29) is 0 Å². The molecule has 0 fully saturated rings. The summed E-state index contributed by atoms with van der Waals surface area (Å²) in [4.78, 5) is 16.9. The number of pyridine rings is 2. The van der Waals surface area contributed by atoms with Crippen LogP contribution in [0.25, 0.3) is 0 Å². The van der Waals surface area contributed by atoms with Crippen LogP contribution in [-0.4, -0.2) is 19.9 Å². The zero-order chi connectivity index (χ0) is 15.0. The van der Waals surface area contributed by atoms with Crippen molar-refractivity contribution in [1.82, 2.24) is 19.9 Å². The molecule has 0 saturated heterocycles. The predicted molar refractivity (Wildman–Crippen MR) is 85.2 cm³/mol. The van der Waals surface area contributed by atoms with E-state index < -0.39 is 0 Å². The Morgan fingerprint density at radius 2 is 1.23 bits per heavy atom. The Hall–Kier alpha value is -3.02. The molecule has 3 aromatic rings. The summed E-state index contributed by atoms with van der Waals surface area (Å²) >= 11 is 0. The fraction of sp³-hybridized carbons (Fsp3) is 0.125. The standard InChI is InChI=1S/C16H16N6/c1-3-7-17-13(5-1)10-19-15-9-16(22-12-21-15)20-11-14-6-2-4-8-18-14/h1-9,12H,10-11H2,(H2,19,20,21,22). The molecule has 0 aromatic carbocycles. The van der Waals surface area contributed by atoms with Gasteiger partial charge >= 0.3 is 0 Å². The Morgan fingerprint density at radius 1 is 0.682 bits per heavy atom. The average molecular weight is 292 g/mol. The molecule has 0 saturated carbocycles. The minimum absolute atomic E-state index is 0.623. The first-order valence-corrected chi connectivity index (χ1v) is 7.00. The lowest BCUT2D eigenvalue weighted by Gasteiger charge is -2.08. The molecular formula is C16H16N6. The van der Waals surface area contributed by atoms with Crippen LogP contribution in [0.1, 0.15) is 11.4 Å². The summed E-state index contributed by atoms with van der Waals surface area (Å²) in [6, 6.07) is 13.5. The highest BCUT2D eigenvalue weighted by Crippen LogP contribution is 2.10. The zero-order valence-corrected chi connectivity index (χ0v) is 12.0. The summed E-state index contributed by atoms with van der Waals surface area (Å²) in [5, 5.41) is 6.46. The number of aromatic nitrogens is 4. The predicted octanol–water partition coefficient (Wildman–Crippen LogP) is 2.49. The summed E-state index contributed by atoms with van der Waals surface area (Å²) in [6.45, 7) is 1.25. The Bertz CT molecular complexity index is 643. The van der Waals surface area contributed by atoms with Crippen LogP contribution in [0.3, 0.4) is 0 Å². The van der Waals surface area contributed by atoms with E-state index in [1.807, 2.05) is 42.5 Å². The molecule has 2 N–H and O–H groups in total.